The second kappa shape index (κ2) is 5.98. The van der Waals surface area contributed by atoms with Crippen LogP contribution in [0.15, 0.2) is 35.8 Å². The molecule has 3 rings (SSSR count). The minimum Gasteiger partial charge on any atom is -0.298 e. The first-order valence-electron chi connectivity index (χ1n) is 5.87. The number of carbonyl (C=O) groups excluding carboxylic acids is 1. The number of anilines is 1. The highest BCUT2D eigenvalue weighted by Gasteiger charge is 2.18. The summed E-state index contributed by atoms with van der Waals surface area (Å²) in [4.78, 5) is 16.0. The molecule has 1 aromatic heterocycles. The molecule has 1 aliphatic rings. The molecule has 6 heteroatoms. The van der Waals surface area contributed by atoms with Gasteiger partial charge in [0.05, 0.1) is 4.58 Å². The second-order valence-electron chi connectivity index (χ2n) is 3.99. The monoisotopic (exact) mass is 308 g/mol. The molecule has 1 aliphatic heterocycles. The summed E-state index contributed by atoms with van der Waals surface area (Å²) in [7, 11) is 0. The van der Waals surface area contributed by atoms with Gasteiger partial charge in [-0.3, -0.25) is 10.1 Å². The van der Waals surface area contributed by atoms with Crippen molar-refractivity contribution in [2.24, 2.45) is 0 Å². The van der Waals surface area contributed by atoms with E-state index in [0.29, 0.717) is 15.3 Å². The quantitative estimate of drug-likeness (QED) is 0.934. The van der Waals surface area contributed by atoms with Crippen molar-refractivity contribution in [1.82, 2.24) is 4.98 Å². The van der Waals surface area contributed by atoms with E-state index in [2.05, 4.69) is 10.3 Å². The first-order valence-corrected chi connectivity index (χ1v) is 8.85. The van der Waals surface area contributed by atoms with Crippen molar-refractivity contribution in [3.8, 4) is 0 Å². The molecule has 98 valence electrons. The van der Waals surface area contributed by atoms with Gasteiger partial charge in [-0.1, -0.05) is 12.1 Å². The van der Waals surface area contributed by atoms with E-state index in [4.69, 9.17) is 0 Å². The van der Waals surface area contributed by atoms with Crippen LogP contribution < -0.4 is 5.32 Å². The van der Waals surface area contributed by atoms with Crippen LogP contribution in [0.1, 0.15) is 20.5 Å². The Bertz CT molecular complexity index is 548. The van der Waals surface area contributed by atoms with Crippen LogP contribution in [0.4, 0.5) is 5.13 Å². The Balaban J connectivity index is 1.69. The fraction of sp³-hybridized carbons (Fsp3) is 0.231. The number of thiazole rings is 1. The summed E-state index contributed by atoms with van der Waals surface area (Å²) >= 11 is 5.35. The highest BCUT2D eigenvalue weighted by atomic mass is 32.2. The first kappa shape index (κ1) is 13.0. The minimum absolute atomic E-state index is 0.103. The van der Waals surface area contributed by atoms with Crippen molar-refractivity contribution in [2.45, 2.75) is 4.58 Å². The summed E-state index contributed by atoms with van der Waals surface area (Å²) in [6.07, 6.45) is 1.68. The minimum atomic E-state index is -0.103. The maximum Gasteiger partial charge on any atom is 0.257 e. The van der Waals surface area contributed by atoms with Crippen molar-refractivity contribution in [3.63, 3.8) is 0 Å². The third kappa shape index (κ3) is 3.13. The maximum absolute atomic E-state index is 12.0. The number of aromatic nitrogens is 1. The van der Waals surface area contributed by atoms with Gasteiger partial charge in [-0.15, -0.1) is 34.9 Å². The van der Waals surface area contributed by atoms with Crippen LogP contribution in [-0.4, -0.2) is 22.4 Å². The van der Waals surface area contributed by atoms with Crippen LogP contribution >= 0.6 is 34.9 Å². The zero-order valence-electron chi connectivity index (χ0n) is 10.0. The summed E-state index contributed by atoms with van der Waals surface area (Å²) in [5.74, 6) is 2.32. The lowest BCUT2D eigenvalue weighted by Crippen LogP contribution is -2.11. The van der Waals surface area contributed by atoms with Gasteiger partial charge in [0.15, 0.2) is 5.13 Å². The van der Waals surface area contributed by atoms with E-state index < -0.39 is 0 Å². The molecule has 0 bridgehead atoms. The number of benzene rings is 1. The van der Waals surface area contributed by atoms with Crippen LogP contribution in [0.3, 0.4) is 0 Å². The van der Waals surface area contributed by atoms with E-state index in [-0.39, 0.29) is 5.91 Å². The molecule has 0 saturated carbocycles. The van der Waals surface area contributed by atoms with Crippen molar-refractivity contribution in [3.05, 3.63) is 47.0 Å². The molecule has 0 spiro atoms. The predicted octanol–water partition coefficient (Wildman–Crippen LogP) is 3.87. The van der Waals surface area contributed by atoms with Gasteiger partial charge in [0.2, 0.25) is 0 Å². The molecule has 3 nitrogen and oxygen atoms in total. The smallest absolute Gasteiger partial charge is 0.257 e. The Labute approximate surface area is 124 Å². The molecule has 1 N–H and O–H groups in total. The summed E-state index contributed by atoms with van der Waals surface area (Å²) in [5.41, 5.74) is 1.96. The van der Waals surface area contributed by atoms with Crippen molar-refractivity contribution < 1.29 is 4.79 Å². The van der Waals surface area contributed by atoms with E-state index in [1.165, 1.54) is 28.4 Å². The Morgan fingerprint density at radius 3 is 2.58 bits per heavy atom. The van der Waals surface area contributed by atoms with Gasteiger partial charge in [-0.05, 0) is 17.7 Å². The van der Waals surface area contributed by atoms with E-state index in [1.807, 2.05) is 53.2 Å². The molecule has 1 saturated heterocycles. The van der Waals surface area contributed by atoms with Crippen LogP contribution in [0.25, 0.3) is 0 Å². The molecule has 2 heterocycles. The van der Waals surface area contributed by atoms with Crippen molar-refractivity contribution >= 4 is 45.9 Å². The highest BCUT2D eigenvalue weighted by molar-refractivity contribution is 8.19. The average molecular weight is 308 g/mol. The molecule has 2 aromatic rings. The molecular formula is C13H12N2OS3. The molecule has 0 unspecified atom stereocenters. The SMILES string of the molecule is O=C(Nc1nccs1)c1ccc(C2SCCS2)cc1. The highest BCUT2D eigenvalue weighted by Crippen LogP contribution is 2.45. The molecule has 1 aromatic carbocycles. The van der Waals surface area contributed by atoms with Crippen LogP contribution in [0.5, 0.6) is 0 Å². The molecule has 19 heavy (non-hydrogen) atoms. The zero-order chi connectivity index (χ0) is 13.1. The van der Waals surface area contributed by atoms with Gasteiger partial charge < -0.3 is 0 Å². The molecule has 1 fully saturated rings. The Morgan fingerprint density at radius 2 is 1.95 bits per heavy atom. The number of thioether (sulfide) groups is 2. The van der Waals surface area contributed by atoms with Gasteiger partial charge in [-0.2, -0.15) is 0 Å². The van der Waals surface area contributed by atoms with Gasteiger partial charge in [0, 0.05) is 28.6 Å². The summed E-state index contributed by atoms with van der Waals surface area (Å²) < 4.78 is 0.524. The van der Waals surface area contributed by atoms with Gasteiger partial charge in [0.25, 0.3) is 5.91 Å². The number of amides is 1. The molecule has 0 aliphatic carbocycles. The lowest BCUT2D eigenvalue weighted by molar-refractivity contribution is 0.102. The lowest BCUT2D eigenvalue weighted by Gasteiger charge is -2.09. The predicted molar refractivity (Wildman–Crippen MR) is 84.2 cm³/mol. The van der Waals surface area contributed by atoms with Gasteiger partial charge in [-0.25, -0.2) is 4.98 Å². The number of hydrogen-bond acceptors (Lipinski definition) is 5. The second-order valence-corrected chi connectivity index (χ2v) is 7.61. The summed E-state index contributed by atoms with van der Waals surface area (Å²) in [6, 6.07) is 7.87. The largest absolute Gasteiger partial charge is 0.298 e. The zero-order valence-corrected chi connectivity index (χ0v) is 12.5. The third-order valence-corrected chi connectivity index (χ3v) is 6.51. The molecule has 0 radical (unpaired) electrons. The van der Waals surface area contributed by atoms with E-state index in [0.717, 1.165) is 0 Å². The summed E-state index contributed by atoms with van der Waals surface area (Å²) in [5, 5.41) is 5.26. The topological polar surface area (TPSA) is 42.0 Å². The molecular weight excluding hydrogens is 296 g/mol. The first-order chi connectivity index (χ1) is 9.33. The fourth-order valence-electron chi connectivity index (χ4n) is 1.80. The van der Waals surface area contributed by atoms with Crippen LogP contribution in [-0.2, 0) is 0 Å². The van der Waals surface area contributed by atoms with Crippen molar-refractivity contribution in [1.29, 1.82) is 0 Å². The van der Waals surface area contributed by atoms with Crippen molar-refractivity contribution in [2.75, 3.05) is 16.8 Å². The van der Waals surface area contributed by atoms with Crippen LogP contribution in [0, 0.1) is 0 Å². The number of carbonyl (C=O) groups is 1. The van der Waals surface area contributed by atoms with E-state index in [1.54, 1.807) is 6.20 Å². The molecule has 0 atom stereocenters. The third-order valence-electron chi connectivity index (χ3n) is 2.72. The fourth-order valence-corrected chi connectivity index (χ4v) is 5.18. The number of rotatable bonds is 3. The normalized spacial score (nSPS) is 15.6. The van der Waals surface area contributed by atoms with Gasteiger partial charge >= 0.3 is 0 Å². The summed E-state index contributed by atoms with van der Waals surface area (Å²) in [6.45, 7) is 0. The Morgan fingerprint density at radius 1 is 1.21 bits per heavy atom. The molecule has 1 amide bonds. The van der Waals surface area contributed by atoms with Gasteiger partial charge in [0.1, 0.15) is 0 Å². The van der Waals surface area contributed by atoms with E-state index in [9.17, 15) is 4.79 Å². The van der Waals surface area contributed by atoms with E-state index >= 15 is 0 Å². The van der Waals surface area contributed by atoms with Crippen LogP contribution in [0.2, 0.25) is 0 Å². The Kier molecular flexibility index (Phi) is 4.10. The average Bonchev–Trinajstić information content (AvgIpc) is 3.12. The number of hydrogen-bond donors (Lipinski definition) is 1. The number of nitrogens with zero attached hydrogens (tertiary/aromatic N) is 1. The standard InChI is InChI=1S/C13H12N2OS3/c16-11(15-13-14-5-6-19-13)9-1-3-10(4-2-9)12-17-7-8-18-12/h1-6,12H,7-8H2,(H,14,15,16). The number of nitrogens with one attached hydrogen (secondary N) is 1. The Hall–Kier alpha value is -0.980. The maximum atomic E-state index is 12.0. The lowest BCUT2D eigenvalue weighted by atomic mass is 10.1.